The van der Waals surface area contributed by atoms with Crippen LogP contribution in [0, 0.1) is 0 Å². The normalized spacial score (nSPS) is 10.5. The highest BCUT2D eigenvalue weighted by molar-refractivity contribution is 6.33. The van der Waals surface area contributed by atoms with E-state index in [0.29, 0.717) is 28.8 Å². The third kappa shape index (κ3) is 6.34. The van der Waals surface area contributed by atoms with Gasteiger partial charge in [0, 0.05) is 6.08 Å². The van der Waals surface area contributed by atoms with Crippen molar-refractivity contribution in [3.05, 3.63) is 59.1 Å². The molecule has 6 nitrogen and oxygen atoms in total. The molecular formula is C20H20ClNO5. The van der Waals surface area contributed by atoms with E-state index in [0.717, 1.165) is 5.56 Å². The van der Waals surface area contributed by atoms with Crippen LogP contribution >= 0.6 is 11.6 Å². The highest BCUT2D eigenvalue weighted by Gasteiger charge is 2.08. The molecule has 2 rings (SSSR count). The lowest BCUT2D eigenvalue weighted by atomic mass is 10.2. The molecule has 0 aliphatic rings. The number of anilines is 1. The van der Waals surface area contributed by atoms with E-state index < -0.39 is 18.5 Å². The summed E-state index contributed by atoms with van der Waals surface area (Å²) in [7, 11) is 1.54. The van der Waals surface area contributed by atoms with E-state index >= 15 is 0 Å². The van der Waals surface area contributed by atoms with Gasteiger partial charge in [0.1, 0.15) is 0 Å². The Morgan fingerprint density at radius 3 is 2.63 bits per heavy atom. The second kappa shape index (κ2) is 10.2. The fourth-order valence-corrected chi connectivity index (χ4v) is 2.34. The summed E-state index contributed by atoms with van der Waals surface area (Å²) in [5.74, 6) is 0.0622. The summed E-state index contributed by atoms with van der Waals surface area (Å²) in [6.07, 6.45) is 2.80. The van der Waals surface area contributed by atoms with Gasteiger partial charge in [-0.05, 0) is 42.8 Å². The predicted molar refractivity (Wildman–Crippen MR) is 104 cm³/mol. The van der Waals surface area contributed by atoms with E-state index in [1.54, 1.807) is 48.5 Å². The SMILES string of the molecule is CCOc1ccc(/C=C/C(=O)OCC(=O)Nc2ccccc2Cl)cc1OC. The number of para-hydroxylation sites is 1. The van der Waals surface area contributed by atoms with Crippen molar-refractivity contribution in [3.8, 4) is 11.5 Å². The average Bonchev–Trinajstić information content (AvgIpc) is 2.67. The van der Waals surface area contributed by atoms with Crippen molar-refractivity contribution in [1.29, 1.82) is 0 Å². The summed E-state index contributed by atoms with van der Waals surface area (Å²) in [6, 6.07) is 12.1. The first-order chi connectivity index (χ1) is 13.0. The monoisotopic (exact) mass is 389 g/mol. The zero-order valence-electron chi connectivity index (χ0n) is 15.0. The Labute approximate surface area is 162 Å². The molecule has 2 aromatic carbocycles. The highest BCUT2D eigenvalue weighted by Crippen LogP contribution is 2.28. The Morgan fingerprint density at radius 1 is 1.15 bits per heavy atom. The maximum absolute atomic E-state index is 11.8. The van der Waals surface area contributed by atoms with Gasteiger partial charge >= 0.3 is 5.97 Å². The van der Waals surface area contributed by atoms with Gasteiger partial charge in [0.15, 0.2) is 18.1 Å². The minimum atomic E-state index is -0.642. The summed E-state index contributed by atoms with van der Waals surface area (Å²) < 4.78 is 15.6. The van der Waals surface area contributed by atoms with Crippen molar-refractivity contribution in [1.82, 2.24) is 0 Å². The van der Waals surface area contributed by atoms with Gasteiger partial charge in [-0.25, -0.2) is 4.79 Å². The topological polar surface area (TPSA) is 73.9 Å². The number of carbonyl (C=O) groups is 2. The number of amides is 1. The Balaban J connectivity index is 1.88. The fourth-order valence-electron chi connectivity index (χ4n) is 2.16. The largest absolute Gasteiger partial charge is 0.493 e. The second-order valence-corrected chi connectivity index (χ2v) is 5.72. The molecular weight excluding hydrogens is 370 g/mol. The van der Waals surface area contributed by atoms with Crippen molar-refractivity contribution in [2.45, 2.75) is 6.92 Å². The third-order valence-corrected chi connectivity index (χ3v) is 3.72. The van der Waals surface area contributed by atoms with Crippen LogP contribution in [0.15, 0.2) is 48.5 Å². The minimum absolute atomic E-state index is 0.404. The zero-order chi connectivity index (χ0) is 19.6. The zero-order valence-corrected chi connectivity index (χ0v) is 15.8. The minimum Gasteiger partial charge on any atom is -0.493 e. The molecule has 142 valence electrons. The molecule has 0 aliphatic carbocycles. The van der Waals surface area contributed by atoms with Crippen molar-refractivity contribution in [2.75, 3.05) is 25.6 Å². The number of ether oxygens (including phenoxy) is 3. The molecule has 0 aromatic heterocycles. The number of nitrogens with one attached hydrogen (secondary N) is 1. The molecule has 0 atom stereocenters. The third-order valence-electron chi connectivity index (χ3n) is 3.39. The number of rotatable bonds is 8. The number of esters is 1. The van der Waals surface area contributed by atoms with Crippen LogP contribution in [0.1, 0.15) is 12.5 Å². The van der Waals surface area contributed by atoms with Gasteiger partial charge in [-0.1, -0.05) is 29.8 Å². The van der Waals surface area contributed by atoms with E-state index in [-0.39, 0.29) is 0 Å². The Morgan fingerprint density at radius 2 is 1.93 bits per heavy atom. The van der Waals surface area contributed by atoms with Crippen molar-refractivity contribution >= 4 is 35.2 Å². The highest BCUT2D eigenvalue weighted by atomic mass is 35.5. The van der Waals surface area contributed by atoms with E-state index in [1.165, 1.54) is 13.2 Å². The van der Waals surface area contributed by atoms with Gasteiger partial charge in [0.05, 0.1) is 24.4 Å². The van der Waals surface area contributed by atoms with Crippen molar-refractivity contribution < 1.29 is 23.8 Å². The number of hydrogen-bond donors (Lipinski definition) is 1. The van der Waals surface area contributed by atoms with Crippen LogP contribution in [0.5, 0.6) is 11.5 Å². The van der Waals surface area contributed by atoms with Crippen LogP contribution < -0.4 is 14.8 Å². The Kier molecular flexibility index (Phi) is 7.70. The standard InChI is InChI=1S/C20H20ClNO5/c1-3-26-17-10-8-14(12-18(17)25-2)9-11-20(24)27-13-19(23)22-16-7-5-4-6-15(16)21/h4-12H,3,13H2,1-2H3,(H,22,23)/b11-9+. The maximum Gasteiger partial charge on any atom is 0.331 e. The van der Waals surface area contributed by atoms with E-state index in [1.807, 2.05) is 6.92 Å². The van der Waals surface area contributed by atoms with Crippen molar-refractivity contribution in [3.63, 3.8) is 0 Å². The predicted octanol–water partition coefficient (Wildman–Crippen LogP) is 3.94. The molecule has 0 saturated carbocycles. The number of benzene rings is 2. The lowest BCUT2D eigenvalue weighted by Crippen LogP contribution is -2.20. The van der Waals surface area contributed by atoms with E-state index in [2.05, 4.69) is 5.32 Å². The first kappa shape index (κ1) is 20.3. The molecule has 0 heterocycles. The first-order valence-electron chi connectivity index (χ1n) is 8.23. The van der Waals surface area contributed by atoms with Crippen LogP contribution in [0.4, 0.5) is 5.69 Å². The summed E-state index contributed by atoms with van der Waals surface area (Å²) >= 11 is 5.95. The molecule has 1 amide bonds. The average molecular weight is 390 g/mol. The molecule has 0 saturated heterocycles. The molecule has 27 heavy (non-hydrogen) atoms. The molecule has 0 radical (unpaired) electrons. The van der Waals surface area contributed by atoms with E-state index in [9.17, 15) is 9.59 Å². The summed E-state index contributed by atoms with van der Waals surface area (Å²) in [4.78, 5) is 23.6. The lowest BCUT2D eigenvalue weighted by molar-refractivity contribution is -0.142. The Hall–Kier alpha value is -2.99. The van der Waals surface area contributed by atoms with Crippen LogP contribution in [-0.2, 0) is 14.3 Å². The molecule has 2 aromatic rings. The molecule has 7 heteroatoms. The van der Waals surface area contributed by atoms with Crippen LogP contribution in [-0.4, -0.2) is 32.2 Å². The summed E-state index contributed by atoms with van der Waals surface area (Å²) in [6.45, 7) is 1.99. The number of hydrogen-bond acceptors (Lipinski definition) is 5. The number of halogens is 1. The number of carbonyl (C=O) groups excluding carboxylic acids is 2. The molecule has 0 fully saturated rings. The summed E-state index contributed by atoms with van der Waals surface area (Å²) in [5, 5.41) is 2.97. The first-order valence-corrected chi connectivity index (χ1v) is 8.61. The van der Waals surface area contributed by atoms with Gasteiger partial charge in [-0.2, -0.15) is 0 Å². The van der Waals surface area contributed by atoms with Crippen LogP contribution in [0.3, 0.4) is 0 Å². The van der Waals surface area contributed by atoms with E-state index in [4.69, 9.17) is 25.8 Å². The van der Waals surface area contributed by atoms with Gasteiger partial charge in [-0.3, -0.25) is 4.79 Å². The maximum atomic E-state index is 11.8. The molecule has 1 N–H and O–H groups in total. The van der Waals surface area contributed by atoms with Crippen molar-refractivity contribution in [2.24, 2.45) is 0 Å². The Bertz CT molecular complexity index is 835. The van der Waals surface area contributed by atoms with Crippen LogP contribution in [0.2, 0.25) is 5.02 Å². The molecule has 0 spiro atoms. The van der Waals surface area contributed by atoms with Gasteiger partial charge < -0.3 is 19.5 Å². The smallest absolute Gasteiger partial charge is 0.331 e. The van der Waals surface area contributed by atoms with Gasteiger partial charge in [0.2, 0.25) is 0 Å². The molecule has 0 unspecified atom stereocenters. The van der Waals surface area contributed by atoms with Crippen LogP contribution in [0.25, 0.3) is 6.08 Å². The molecule has 0 bridgehead atoms. The van der Waals surface area contributed by atoms with Gasteiger partial charge in [-0.15, -0.1) is 0 Å². The quantitative estimate of drug-likeness (QED) is 0.546. The van der Waals surface area contributed by atoms with Gasteiger partial charge in [0.25, 0.3) is 5.91 Å². The number of methoxy groups -OCH3 is 1. The summed E-state index contributed by atoms with van der Waals surface area (Å²) in [5.41, 5.74) is 1.19. The molecule has 0 aliphatic heterocycles. The lowest BCUT2D eigenvalue weighted by Gasteiger charge is -2.09. The fraction of sp³-hybridized carbons (Fsp3) is 0.200. The second-order valence-electron chi connectivity index (χ2n) is 5.31.